The van der Waals surface area contributed by atoms with Gasteiger partial charge in [0.15, 0.2) is 11.6 Å². The Morgan fingerprint density at radius 2 is 1.77 bits per heavy atom. The van der Waals surface area contributed by atoms with Crippen LogP contribution in [0.25, 0.3) is 11.1 Å². The highest BCUT2D eigenvalue weighted by atomic mass is 19.1. The molecule has 1 fully saturated rings. The minimum Gasteiger partial charge on any atom is -0.348 e. The second-order valence-electron chi connectivity index (χ2n) is 9.31. The summed E-state index contributed by atoms with van der Waals surface area (Å²) in [5, 5.41) is 2.98. The Bertz CT molecular complexity index is 934. The second-order valence-corrected chi connectivity index (χ2v) is 9.31. The van der Waals surface area contributed by atoms with E-state index in [0.717, 1.165) is 24.4 Å². The van der Waals surface area contributed by atoms with E-state index in [1.807, 2.05) is 27.7 Å². The van der Waals surface area contributed by atoms with Crippen molar-refractivity contribution in [3.63, 3.8) is 0 Å². The molecule has 2 heterocycles. The summed E-state index contributed by atoms with van der Waals surface area (Å²) < 4.78 is 27.9. The van der Waals surface area contributed by atoms with E-state index in [-0.39, 0.29) is 28.8 Å². The highest BCUT2D eigenvalue weighted by Gasteiger charge is 2.35. The van der Waals surface area contributed by atoms with Crippen LogP contribution in [0.5, 0.6) is 0 Å². The van der Waals surface area contributed by atoms with Gasteiger partial charge in [-0.15, -0.1) is 0 Å². The van der Waals surface area contributed by atoms with Gasteiger partial charge in [-0.2, -0.15) is 0 Å². The van der Waals surface area contributed by atoms with Crippen LogP contribution in [0, 0.1) is 17.0 Å². The van der Waals surface area contributed by atoms with Crippen LogP contribution in [-0.4, -0.2) is 34.3 Å². The molecule has 1 aliphatic rings. The van der Waals surface area contributed by atoms with E-state index < -0.39 is 17.7 Å². The van der Waals surface area contributed by atoms with E-state index in [4.69, 9.17) is 0 Å². The van der Waals surface area contributed by atoms with Crippen molar-refractivity contribution in [2.45, 2.75) is 59.0 Å². The number of likely N-dealkylation sites (tertiary alicyclic amines) is 1. The van der Waals surface area contributed by atoms with Crippen LogP contribution >= 0.6 is 0 Å². The standard InChI is InChI=1S/C24H29F2N3O2/c1-15(16-7-9-17(10-8-16)22-18(25)13-27-14-19(22)26)28-23(31)20-6-5-11-29(20)21(30)12-24(2,3)4/h7-10,13-15,20H,5-6,11-12H2,1-4H3,(H,28,31)/t15-,20-/m0/s1. The van der Waals surface area contributed by atoms with E-state index in [9.17, 15) is 18.4 Å². The van der Waals surface area contributed by atoms with Gasteiger partial charge in [0.2, 0.25) is 11.8 Å². The number of pyridine rings is 1. The Kier molecular flexibility index (Phi) is 6.72. The molecule has 0 bridgehead atoms. The van der Waals surface area contributed by atoms with E-state index in [2.05, 4.69) is 10.3 Å². The first-order valence-corrected chi connectivity index (χ1v) is 10.6. The van der Waals surface area contributed by atoms with Crippen LogP contribution in [0.1, 0.15) is 58.6 Å². The van der Waals surface area contributed by atoms with Gasteiger partial charge in [0, 0.05) is 13.0 Å². The van der Waals surface area contributed by atoms with Crippen molar-refractivity contribution in [1.82, 2.24) is 15.2 Å². The van der Waals surface area contributed by atoms with Gasteiger partial charge < -0.3 is 10.2 Å². The topological polar surface area (TPSA) is 62.3 Å². The number of rotatable bonds is 5. The zero-order valence-corrected chi connectivity index (χ0v) is 18.4. The van der Waals surface area contributed by atoms with Crippen LogP contribution in [0.15, 0.2) is 36.7 Å². The fraction of sp³-hybridized carbons (Fsp3) is 0.458. The van der Waals surface area contributed by atoms with Crippen molar-refractivity contribution < 1.29 is 18.4 Å². The number of nitrogens with zero attached hydrogens (tertiary/aromatic N) is 2. The number of benzene rings is 1. The van der Waals surface area contributed by atoms with Crippen molar-refractivity contribution in [1.29, 1.82) is 0 Å². The molecule has 3 rings (SSSR count). The lowest BCUT2D eigenvalue weighted by Crippen LogP contribution is -2.47. The molecule has 1 aromatic heterocycles. The smallest absolute Gasteiger partial charge is 0.243 e. The average molecular weight is 430 g/mol. The van der Waals surface area contributed by atoms with Crippen molar-refractivity contribution in [3.8, 4) is 11.1 Å². The fourth-order valence-corrected chi connectivity index (χ4v) is 3.91. The quantitative estimate of drug-likeness (QED) is 0.754. The molecule has 7 heteroatoms. The summed E-state index contributed by atoms with van der Waals surface area (Å²) in [7, 11) is 0. The molecule has 1 N–H and O–H groups in total. The third-order valence-electron chi connectivity index (χ3n) is 5.47. The van der Waals surface area contributed by atoms with E-state index in [1.54, 1.807) is 29.2 Å². The number of aromatic nitrogens is 1. The molecule has 0 radical (unpaired) electrons. The Morgan fingerprint density at radius 3 is 2.35 bits per heavy atom. The number of carbonyl (C=O) groups is 2. The Labute approximate surface area is 181 Å². The molecule has 0 unspecified atom stereocenters. The van der Waals surface area contributed by atoms with Crippen molar-refractivity contribution in [2.75, 3.05) is 6.54 Å². The summed E-state index contributed by atoms with van der Waals surface area (Å²) in [5.74, 6) is -1.63. The van der Waals surface area contributed by atoms with E-state index >= 15 is 0 Å². The molecule has 0 spiro atoms. The van der Waals surface area contributed by atoms with E-state index in [0.29, 0.717) is 24.9 Å². The van der Waals surface area contributed by atoms with Crippen molar-refractivity contribution in [2.24, 2.45) is 5.41 Å². The zero-order chi connectivity index (χ0) is 22.8. The summed E-state index contributed by atoms with van der Waals surface area (Å²) in [6, 6.07) is 5.93. The summed E-state index contributed by atoms with van der Waals surface area (Å²) in [4.78, 5) is 30.7. The zero-order valence-electron chi connectivity index (χ0n) is 18.4. The largest absolute Gasteiger partial charge is 0.348 e. The van der Waals surface area contributed by atoms with Gasteiger partial charge in [-0.3, -0.25) is 14.6 Å². The highest BCUT2D eigenvalue weighted by molar-refractivity contribution is 5.88. The van der Waals surface area contributed by atoms with Gasteiger partial charge in [0.25, 0.3) is 0 Å². The molecule has 166 valence electrons. The SMILES string of the molecule is C[C@H](NC(=O)[C@@H]1CCCN1C(=O)CC(C)(C)C)c1ccc(-c2c(F)cncc2F)cc1. The summed E-state index contributed by atoms with van der Waals surface area (Å²) in [5.41, 5.74) is 0.938. The van der Waals surface area contributed by atoms with Gasteiger partial charge in [0.05, 0.1) is 24.0 Å². The summed E-state index contributed by atoms with van der Waals surface area (Å²) in [6.45, 7) is 8.46. The lowest BCUT2D eigenvalue weighted by molar-refractivity contribution is -0.140. The van der Waals surface area contributed by atoms with Gasteiger partial charge in [-0.1, -0.05) is 45.0 Å². The van der Waals surface area contributed by atoms with Gasteiger partial charge >= 0.3 is 0 Å². The van der Waals surface area contributed by atoms with Crippen LogP contribution in [0.2, 0.25) is 0 Å². The predicted octanol–water partition coefficient (Wildman–Crippen LogP) is 4.63. The Morgan fingerprint density at radius 1 is 1.16 bits per heavy atom. The molecule has 1 saturated heterocycles. The molecule has 31 heavy (non-hydrogen) atoms. The maximum Gasteiger partial charge on any atom is 0.243 e. The van der Waals surface area contributed by atoms with E-state index in [1.165, 1.54) is 0 Å². The van der Waals surface area contributed by atoms with Crippen LogP contribution in [0.4, 0.5) is 8.78 Å². The van der Waals surface area contributed by atoms with Gasteiger partial charge in [-0.05, 0) is 36.3 Å². The highest BCUT2D eigenvalue weighted by Crippen LogP contribution is 2.28. The third kappa shape index (κ3) is 5.46. The number of hydrogen-bond donors (Lipinski definition) is 1. The first kappa shape index (κ1) is 22.8. The molecule has 2 atom stereocenters. The molecule has 0 saturated carbocycles. The Hall–Kier alpha value is -2.83. The average Bonchev–Trinajstić information content (AvgIpc) is 3.17. The third-order valence-corrected chi connectivity index (χ3v) is 5.47. The minimum atomic E-state index is -0.727. The molecule has 0 aliphatic carbocycles. The molecule has 1 aromatic carbocycles. The second kappa shape index (κ2) is 9.12. The number of hydrogen-bond acceptors (Lipinski definition) is 3. The fourth-order valence-electron chi connectivity index (χ4n) is 3.91. The summed E-state index contributed by atoms with van der Waals surface area (Å²) in [6.07, 6.45) is 3.80. The lowest BCUT2D eigenvalue weighted by Gasteiger charge is -2.28. The van der Waals surface area contributed by atoms with Gasteiger partial charge in [-0.25, -0.2) is 8.78 Å². The maximum atomic E-state index is 14.0. The number of carbonyl (C=O) groups excluding carboxylic acids is 2. The van der Waals surface area contributed by atoms with Crippen molar-refractivity contribution >= 4 is 11.8 Å². The number of nitrogens with one attached hydrogen (secondary N) is 1. The molecule has 5 nitrogen and oxygen atoms in total. The predicted molar refractivity (Wildman–Crippen MR) is 115 cm³/mol. The number of halogens is 2. The van der Waals surface area contributed by atoms with Crippen LogP contribution in [0.3, 0.4) is 0 Å². The maximum absolute atomic E-state index is 14.0. The molecular formula is C24H29F2N3O2. The molecule has 2 amide bonds. The monoisotopic (exact) mass is 429 g/mol. The lowest BCUT2D eigenvalue weighted by atomic mass is 9.91. The van der Waals surface area contributed by atoms with Crippen LogP contribution in [-0.2, 0) is 9.59 Å². The van der Waals surface area contributed by atoms with Crippen LogP contribution < -0.4 is 5.32 Å². The van der Waals surface area contributed by atoms with Crippen molar-refractivity contribution in [3.05, 3.63) is 53.9 Å². The molecule has 2 aromatic rings. The Balaban J connectivity index is 1.67. The number of amides is 2. The van der Waals surface area contributed by atoms with Gasteiger partial charge in [0.1, 0.15) is 6.04 Å². The first-order valence-electron chi connectivity index (χ1n) is 10.6. The first-order chi connectivity index (χ1) is 14.6. The normalized spacial score (nSPS) is 17.5. The molecular weight excluding hydrogens is 400 g/mol. The summed E-state index contributed by atoms with van der Waals surface area (Å²) >= 11 is 0. The molecule has 1 aliphatic heterocycles. The minimum absolute atomic E-state index is 0.00330.